The lowest BCUT2D eigenvalue weighted by atomic mass is 9.76. The minimum absolute atomic E-state index is 0. The number of rotatable bonds is 0. The summed E-state index contributed by atoms with van der Waals surface area (Å²) in [6.07, 6.45) is 5.92. The van der Waals surface area contributed by atoms with Gasteiger partial charge in [-0.2, -0.15) is 0 Å². The molecule has 12 heavy (non-hydrogen) atoms. The first-order valence-corrected chi connectivity index (χ1v) is 4.72. The smallest absolute Gasteiger partial charge is 0.0597 e. The predicted octanol–water partition coefficient (Wildman–Crippen LogP) is 1.32. The van der Waals surface area contributed by atoms with Crippen molar-refractivity contribution in [1.82, 2.24) is 5.32 Å². The molecule has 1 heterocycles. The molecule has 1 saturated heterocycles. The third kappa shape index (κ3) is 1.61. The Morgan fingerprint density at radius 1 is 1.17 bits per heavy atom. The average Bonchev–Trinajstić information content (AvgIpc) is 2.36. The predicted molar refractivity (Wildman–Crippen MR) is 51.6 cm³/mol. The van der Waals surface area contributed by atoms with Crippen LogP contribution in [0.25, 0.3) is 0 Å². The number of hydrogen-bond acceptors (Lipinski definition) is 2. The van der Waals surface area contributed by atoms with Crippen molar-refractivity contribution in [3.63, 3.8) is 0 Å². The SMILES string of the molecule is Cl.OC1CCCC12CCNCC2. The van der Waals surface area contributed by atoms with Gasteiger partial charge in [-0.05, 0) is 44.2 Å². The normalized spacial score (nSPS) is 33.2. The summed E-state index contributed by atoms with van der Waals surface area (Å²) >= 11 is 0. The standard InChI is InChI=1S/C9H17NO.ClH/c11-8-2-1-3-9(8)4-6-10-7-5-9;/h8,10-11H,1-7H2;1H. The monoisotopic (exact) mass is 191 g/mol. The molecule has 0 radical (unpaired) electrons. The van der Waals surface area contributed by atoms with Gasteiger partial charge in [0.1, 0.15) is 0 Å². The van der Waals surface area contributed by atoms with E-state index in [1.807, 2.05) is 0 Å². The van der Waals surface area contributed by atoms with Crippen molar-refractivity contribution < 1.29 is 5.11 Å². The Morgan fingerprint density at radius 2 is 1.83 bits per heavy atom. The molecule has 0 aromatic heterocycles. The summed E-state index contributed by atoms with van der Waals surface area (Å²) in [5.74, 6) is 0. The summed E-state index contributed by atoms with van der Waals surface area (Å²) in [5, 5.41) is 13.1. The maximum atomic E-state index is 9.78. The Morgan fingerprint density at radius 3 is 2.33 bits per heavy atom. The number of piperidine rings is 1. The molecule has 1 spiro atoms. The maximum Gasteiger partial charge on any atom is 0.0597 e. The minimum atomic E-state index is 0. The lowest BCUT2D eigenvalue weighted by molar-refractivity contribution is 0.0286. The topological polar surface area (TPSA) is 32.3 Å². The van der Waals surface area contributed by atoms with Crippen LogP contribution in [-0.2, 0) is 0 Å². The van der Waals surface area contributed by atoms with Crippen LogP contribution in [0.1, 0.15) is 32.1 Å². The number of aliphatic hydroxyl groups excluding tert-OH is 1. The van der Waals surface area contributed by atoms with E-state index in [4.69, 9.17) is 0 Å². The fourth-order valence-corrected chi connectivity index (χ4v) is 2.63. The van der Waals surface area contributed by atoms with Crippen LogP contribution >= 0.6 is 12.4 Å². The zero-order valence-corrected chi connectivity index (χ0v) is 8.20. The highest BCUT2D eigenvalue weighted by atomic mass is 35.5. The highest BCUT2D eigenvalue weighted by Gasteiger charge is 2.42. The van der Waals surface area contributed by atoms with Crippen LogP contribution in [0.5, 0.6) is 0 Å². The van der Waals surface area contributed by atoms with Crippen molar-refractivity contribution in [3.8, 4) is 0 Å². The van der Waals surface area contributed by atoms with Crippen LogP contribution in [0, 0.1) is 5.41 Å². The van der Waals surface area contributed by atoms with Crippen molar-refractivity contribution in [3.05, 3.63) is 0 Å². The molecule has 72 valence electrons. The van der Waals surface area contributed by atoms with Gasteiger partial charge in [0.25, 0.3) is 0 Å². The zero-order chi connectivity index (χ0) is 7.73. The molecule has 2 N–H and O–H groups in total. The summed E-state index contributed by atoms with van der Waals surface area (Å²) in [4.78, 5) is 0. The largest absolute Gasteiger partial charge is 0.393 e. The molecule has 1 atom stereocenters. The summed E-state index contributed by atoms with van der Waals surface area (Å²) in [7, 11) is 0. The molecule has 1 unspecified atom stereocenters. The number of hydrogen-bond donors (Lipinski definition) is 2. The first-order valence-electron chi connectivity index (χ1n) is 4.72. The lowest BCUT2D eigenvalue weighted by Crippen LogP contribution is -2.41. The van der Waals surface area contributed by atoms with Crippen molar-refractivity contribution >= 4 is 12.4 Å². The van der Waals surface area contributed by atoms with Gasteiger partial charge in [0.15, 0.2) is 0 Å². The van der Waals surface area contributed by atoms with Gasteiger partial charge in [-0.25, -0.2) is 0 Å². The summed E-state index contributed by atoms with van der Waals surface area (Å²) in [6, 6.07) is 0. The molecule has 0 amide bonds. The molecular weight excluding hydrogens is 174 g/mol. The molecule has 0 aromatic rings. The second-order valence-electron chi connectivity index (χ2n) is 4.02. The first-order chi connectivity index (χ1) is 5.33. The van der Waals surface area contributed by atoms with Crippen LogP contribution in [0.3, 0.4) is 0 Å². The van der Waals surface area contributed by atoms with E-state index in [2.05, 4.69) is 5.32 Å². The molecule has 2 fully saturated rings. The number of aliphatic hydroxyl groups is 1. The second-order valence-corrected chi connectivity index (χ2v) is 4.02. The van der Waals surface area contributed by atoms with E-state index in [1.165, 1.54) is 25.7 Å². The quantitative estimate of drug-likeness (QED) is 0.606. The lowest BCUT2D eigenvalue weighted by Gasteiger charge is -2.36. The minimum Gasteiger partial charge on any atom is -0.393 e. The van der Waals surface area contributed by atoms with Crippen molar-refractivity contribution in [2.75, 3.05) is 13.1 Å². The first kappa shape index (κ1) is 10.3. The summed E-state index contributed by atoms with van der Waals surface area (Å²) in [6.45, 7) is 2.22. The fraction of sp³-hybridized carbons (Fsp3) is 1.00. The Labute approximate surface area is 80.1 Å². The summed E-state index contributed by atoms with van der Waals surface area (Å²) in [5.41, 5.74) is 0.325. The van der Waals surface area contributed by atoms with Crippen LogP contribution in [0.2, 0.25) is 0 Å². The summed E-state index contributed by atoms with van der Waals surface area (Å²) < 4.78 is 0. The molecule has 2 aliphatic rings. The Hall–Kier alpha value is 0.210. The van der Waals surface area contributed by atoms with Crippen molar-refractivity contribution in [2.24, 2.45) is 5.41 Å². The van der Waals surface area contributed by atoms with Crippen LogP contribution in [0.4, 0.5) is 0 Å². The molecule has 1 aliphatic heterocycles. The highest BCUT2D eigenvalue weighted by Crippen LogP contribution is 2.44. The van der Waals surface area contributed by atoms with E-state index in [1.54, 1.807) is 0 Å². The highest BCUT2D eigenvalue weighted by molar-refractivity contribution is 5.85. The van der Waals surface area contributed by atoms with Gasteiger partial charge < -0.3 is 10.4 Å². The van der Waals surface area contributed by atoms with Crippen LogP contribution in [0.15, 0.2) is 0 Å². The van der Waals surface area contributed by atoms with Crippen molar-refractivity contribution in [2.45, 2.75) is 38.2 Å². The van der Waals surface area contributed by atoms with E-state index in [9.17, 15) is 5.11 Å². The molecule has 2 rings (SSSR count). The van der Waals surface area contributed by atoms with Crippen molar-refractivity contribution in [1.29, 1.82) is 0 Å². The van der Waals surface area contributed by atoms with Crippen LogP contribution < -0.4 is 5.32 Å². The zero-order valence-electron chi connectivity index (χ0n) is 7.38. The second kappa shape index (κ2) is 3.95. The molecule has 3 heteroatoms. The molecule has 0 aromatic carbocycles. The van der Waals surface area contributed by atoms with Gasteiger partial charge in [-0.3, -0.25) is 0 Å². The number of nitrogens with one attached hydrogen (secondary N) is 1. The molecule has 1 saturated carbocycles. The van der Waals surface area contributed by atoms with Crippen LogP contribution in [-0.4, -0.2) is 24.3 Å². The number of halogens is 1. The maximum absolute atomic E-state index is 9.78. The van der Waals surface area contributed by atoms with E-state index >= 15 is 0 Å². The van der Waals surface area contributed by atoms with E-state index in [0.717, 1.165) is 19.5 Å². The van der Waals surface area contributed by atoms with Gasteiger partial charge >= 0.3 is 0 Å². The Kier molecular flexibility index (Phi) is 3.38. The van der Waals surface area contributed by atoms with Gasteiger partial charge in [0, 0.05) is 0 Å². The molecule has 0 bridgehead atoms. The average molecular weight is 192 g/mol. The van der Waals surface area contributed by atoms with E-state index in [-0.39, 0.29) is 18.5 Å². The molecular formula is C9H18ClNO. The van der Waals surface area contributed by atoms with E-state index in [0.29, 0.717) is 5.41 Å². The van der Waals surface area contributed by atoms with Gasteiger partial charge in [-0.15, -0.1) is 12.4 Å². The van der Waals surface area contributed by atoms with Gasteiger partial charge in [-0.1, -0.05) is 6.42 Å². The van der Waals surface area contributed by atoms with Gasteiger partial charge in [0.05, 0.1) is 6.10 Å². The third-order valence-electron chi connectivity index (χ3n) is 3.46. The molecule has 1 aliphatic carbocycles. The van der Waals surface area contributed by atoms with Gasteiger partial charge in [0.2, 0.25) is 0 Å². The van der Waals surface area contributed by atoms with E-state index < -0.39 is 0 Å². The Bertz CT molecular complexity index is 145. The molecule has 2 nitrogen and oxygen atoms in total. The third-order valence-corrected chi connectivity index (χ3v) is 3.46. The fourth-order valence-electron chi connectivity index (χ4n) is 2.63. The Balaban J connectivity index is 0.000000720.